The molecule has 6 heteroatoms. The van der Waals surface area contributed by atoms with Crippen molar-refractivity contribution >= 4 is 5.97 Å². The Kier molecular flexibility index (Phi) is 3.64. The van der Waals surface area contributed by atoms with Crippen molar-refractivity contribution in [1.82, 2.24) is 15.0 Å². The third-order valence-corrected chi connectivity index (χ3v) is 5.60. The molecule has 3 fully saturated rings. The van der Waals surface area contributed by atoms with Crippen molar-refractivity contribution < 1.29 is 14.4 Å². The molecule has 1 saturated heterocycles. The number of aliphatic carboxylic acids is 1. The van der Waals surface area contributed by atoms with Gasteiger partial charge in [-0.15, -0.1) is 0 Å². The number of rotatable bonds is 5. The van der Waals surface area contributed by atoms with E-state index in [-0.39, 0.29) is 5.92 Å². The number of hydrogen-bond donors (Lipinski definition) is 1. The summed E-state index contributed by atoms with van der Waals surface area (Å²) in [5.74, 6) is 2.27. The summed E-state index contributed by atoms with van der Waals surface area (Å²) in [5.41, 5.74) is 0. The van der Waals surface area contributed by atoms with Crippen LogP contribution in [-0.2, 0) is 4.79 Å². The summed E-state index contributed by atoms with van der Waals surface area (Å²) in [6.45, 7) is 2.95. The topological polar surface area (TPSA) is 79.5 Å². The first kappa shape index (κ1) is 14.2. The summed E-state index contributed by atoms with van der Waals surface area (Å²) in [5, 5.41) is 13.1. The smallest absolute Gasteiger partial charge is 0.306 e. The maximum Gasteiger partial charge on any atom is 0.306 e. The number of hydrogen-bond acceptors (Lipinski definition) is 5. The molecule has 0 aromatic carbocycles. The fraction of sp³-hybridized carbons (Fsp3) is 0.812. The normalized spacial score (nSPS) is 30.2. The van der Waals surface area contributed by atoms with E-state index in [1.807, 2.05) is 0 Å². The second-order valence-corrected chi connectivity index (χ2v) is 7.13. The molecule has 0 radical (unpaired) electrons. The van der Waals surface area contributed by atoms with E-state index < -0.39 is 5.97 Å². The zero-order valence-electron chi connectivity index (χ0n) is 12.8. The molecular weight excluding hydrogens is 282 g/mol. The average Bonchev–Trinajstić information content (AvgIpc) is 3.06. The van der Waals surface area contributed by atoms with Crippen LogP contribution in [-0.4, -0.2) is 45.8 Å². The van der Waals surface area contributed by atoms with Gasteiger partial charge in [-0.1, -0.05) is 11.6 Å². The first-order chi connectivity index (χ1) is 10.7. The van der Waals surface area contributed by atoms with Gasteiger partial charge in [0.25, 0.3) is 0 Å². The number of carboxylic acid groups (broad SMARTS) is 1. The van der Waals surface area contributed by atoms with Crippen molar-refractivity contribution in [3.8, 4) is 0 Å². The van der Waals surface area contributed by atoms with E-state index >= 15 is 0 Å². The van der Waals surface area contributed by atoms with Crippen LogP contribution in [0.1, 0.15) is 62.1 Å². The fourth-order valence-corrected chi connectivity index (χ4v) is 3.69. The molecule has 0 bridgehead atoms. The van der Waals surface area contributed by atoms with Crippen LogP contribution in [0.2, 0.25) is 0 Å². The standard InChI is InChI=1S/C16H23N3O3/c20-16(21)13-8-12(13)9-19-6-4-11(5-7-19)15-17-14(18-22-15)10-2-1-3-10/h10-13H,1-9H2,(H,20,21)/t12-,13+/m0/s1. The molecule has 2 aliphatic carbocycles. The molecule has 2 atom stereocenters. The third-order valence-electron chi connectivity index (χ3n) is 5.60. The summed E-state index contributed by atoms with van der Waals surface area (Å²) < 4.78 is 5.48. The Bertz CT molecular complexity index is 547. The van der Waals surface area contributed by atoms with Crippen molar-refractivity contribution in [2.24, 2.45) is 11.8 Å². The minimum Gasteiger partial charge on any atom is -0.481 e. The van der Waals surface area contributed by atoms with Gasteiger partial charge in [-0.25, -0.2) is 0 Å². The van der Waals surface area contributed by atoms with Gasteiger partial charge in [0.15, 0.2) is 5.82 Å². The fourth-order valence-electron chi connectivity index (χ4n) is 3.69. The predicted molar refractivity (Wildman–Crippen MR) is 78.5 cm³/mol. The third kappa shape index (κ3) is 2.76. The lowest BCUT2D eigenvalue weighted by atomic mass is 9.85. The number of likely N-dealkylation sites (tertiary alicyclic amines) is 1. The van der Waals surface area contributed by atoms with Crippen molar-refractivity contribution in [1.29, 1.82) is 0 Å². The molecule has 2 heterocycles. The highest BCUT2D eigenvalue weighted by atomic mass is 16.5. The summed E-state index contributed by atoms with van der Waals surface area (Å²) in [6, 6.07) is 0. The minimum atomic E-state index is -0.630. The molecule has 120 valence electrons. The lowest BCUT2D eigenvalue weighted by molar-refractivity contribution is -0.138. The van der Waals surface area contributed by atoms with Crippen LogP contribution in [0, 0.1) is 11.8 Å². The van der Waals surface area contributed by atoms with Crippen molar-refractivity contribution in [3.63, 3.8) is 0 Å². The number of carbonyl (C=O) groups is 1. The van der Waals surface area contributed by atoms with Gasteiger partial charge in [0.05, 0.1) is 5.92 Å². The van der Waals surface area contributed by atoms with Gasteiger partial charge >= 0.3 is 5.97 Å². The molecule has 2 saturated carbocycles. The van der Waals surface area contributed by atoms with Gasteiger partial charge < -0.3 is 14.5 Å². The van der Waals surface area contributed by atoms with Gasteiger partial charge in [-0.3, -0.25) is 4.79 Å². The summed E-state index contributed by atoms with van der Waals surface area (Å²) in [4.78, 5) is 17.9. The molecule has 22 heavy (non-hydrogen) atoms. The summed E-state index contributed by atoms with van der Waals surface area (Å²) >= 11 is 0. The van der Waals surface area contributed by atoms with E-state index in [1.54, 1.807) is 0 Å². The monoisotopic (exact) mass is 305 g/mol. The molecular formula is C16H23N3O3. The van der Waals surface area contributed by atoms with Gasteiger partial charge in [-0.05, 0) is 51.1 Å². The van der Waals surface area contributed by atoms with Crippen LogP contribution in [0.3, 0.4) is 0 Å². The number of piperidine rings is 1. The van der Waals surface area contributed by atoms with E-state index in [0.29, 0.717) is 17.8 Å². The molecule has 3 aliphatic rings. The van der Waals surface area contributed by atoms with Crippen LogP contribution in [0.5, 0.6) is 0 Å². The Morgan fingerprint density at radius 2 is 2.00 bits per heavy atom. The Morgan fingerprint density at radius 1 is 1.23 bits per heavy atom. The van der Waals surface area contributed by atoms with E-state index in [9.17, 15) is 4.79 Å². The Morgan fingerprint density at radius 3 is 2.59 bits per heavy atom. The van der Waals surface area contributed by atoms with E-state index in [2.05, 4.69) is 15.0 Å². The van der Waals surface area contributed by atoms with Gasteiger partial charge in [0, 0.05) is 18.4 Å². The molecule has 4 rings (SSSR count). The summed E-state index contributed by atoms with van der Waals surface area (Å²) in [7, 11) is 0. The van der Waals surface area contributed by atoms with Gasteiger partial charge in [0.1, 0.15) is 0 Å². The molecule has 6 nitrogen and oxygen atoms in total. The van der Waals surface area contributed by atoms with Gasteiger partial charge in [-0.2, -0.15) is 4.98 Å². The van der Waals surface area contributed by atoms with Crippen LogP contribution < -0.4 is 0 Å². The van der Waals surface area contributed by atoms with Crippen LogP contribution in [0.25, 0.3) is 0 Å². The maximum absolute atomic E-state index is 10.9. The van der Waals surface area contributed by atoms with Crippen LogP contribution >= 0.6 is 0 Å². The number of carboxylic acids is 1. The lowest BCUT2D eigenvalue weighted by Gasteiger charge is -2.30. The van der Waals surface area contributed by atoms with Crippen molar-refractivity contribution in [2.75, 3.05) is 19.6 Å². The first-order valence-electron chi connectivity index (χ1n) is 8.49. The maximum atomic E-state index is 10.9. The van der Waals surface area contributed by atoms with Crippen molar-refractivity contribution in [3.05, 3.63) is 11.7 Å². The van der Waals surface area contributed by atoms with E-state index in [1.165, 1.54) is 19.3 Å². The quantitative estimate of drug-likeness (QED) is 0.898. The Hall–Kier alpha value is -1.43. The molecule has 1 aromatic heterocycles. The highest BCUT2D eigenvalue weighted by Crippen LogP contribution is 2.40. The van der Waals surface area contributed by atoms with E-state index in [0.717, 1.165) is 50.6 Å². The summed E-state index contributed by atoms with van der Waals surface area (Å²) in [6.07, 6.45) is 6.61. The highest BCUT2D eigenvalue weighted by molar-refractivity contribution is 5.73. The van der Waals surface area contributed by atoms with Gasteiger partial charge in [0.2, 0.25) is 5.89 Å². The predicted octanol–water partition coefficient (Wildman–Crippen LogP) is 2.24. The first-order valence-corrected chi connectivity index (χ1v) is 8.49. The minimum absolute atomic E-state index is 0.0984. The zero-order valence-corrected chi connectivity index (χ0v) is 12.8. The molecule has 0 amide bonds. The zero-order chi connectivity index (χ0) is 15.1. The second-order valence-electron chi connectivity index (χ2n) is 7.13. The largest absolute Gasteiger partial charge is 0.481 e. The molecule has 0 unspecified atom stereocenters. The second kappa shape index (κ2) is 5.65. The van der Waals surface area contributed by atoms with E-state index in [4.69, 9.17) is 9.63 Å². The number of nitrogens with zero attached hydrogens (tertiary/aromatic N) is 3. The Labute approximate surface area is 129 Å². The Balaban J connectivity index is 1.27. The molecule has 1 aliphatic heterocycles. The molecule has 1 aromatic rings. The molecule has 1 N–H and O–H groups in total. The lowest BCUT2D eigenvalue weighted by Crippen LogP contribution is -2.35. The highest BCUT2D eigenvalue weighted by Gasteiger charge is 2.44. The van der Waals surface area contributed by atoms with Crippen LogP contribution in [0.15, 0.2) is 4.52 Å². The molecule has 0 spiro atoms. The van der Waals surface area contributed by atoms with Crippen LogP contribution in [0.4, 0.5) is 0 Å². The SMILES string of the molecule is O=C(O)[C@@H]1C[C@H]1CN1CCC(c2nc(C3CCC3)no2)CC1. The number of aromatic nitrogens is 2. The van der Waals surface area contributed by atoms with Crippen molar-refractivity contribution in [2.45, 2.75) is 50.4 Å². The average molecular weight is 305 g/mol.